The fourth-order valence-corrected chi connectivity index (χ4v) is 2.30. The highest BCUT2D eigenvalue weighted by atomic mass is 19.4. The van der Waals surface area contributed by atoms with Crippen LogP contribution in [0.25, 0.3) is 5.69 Å². The van der Waals surface area contributed by atoms with E-state index >= 15 is 0 Å². The Morgan fingerprint density at radius 3 is 2.48 bits per heavy atom. The molecule has 0 amide bonds. The molecule has 0 aliphatic carbocycles. The largest absolute Gasteiger partial charge is 0.435 e. The standard InChI is InChI=1S/C17H16F3N5/c1-12(15-11-21-7-8-22-15)23-10-13-2-4-14(5-3-13)25-9-6-16(24-25)17(18,19)20/h2-9,11-12,23H,10H2,1H3/t12-/m0/s1. The third-order valence-electron chi connectivity index (χ3n) is 3.72. The Morgan fingerprint density at radius 1 is 1.12 bits per heavy atom. The molecule has 0 saturated heterocycles. The van der Waals surface area contributed by atoms with E-state index in [1.54, 1.807) is 30.7 Å². The fourth-order valence-electron chi connectivity index (χ4n) is 2.30. The molecule has 130 valence electrons. The van der Waals surface area contributed by atoms with Gasteiger partial charge in [-0.05, 0) is 30.7 Å². The van der Waals surface area contributed by atoms with Crippen LogP contribution in [0.1, 0.15) is 29.9 Å². The van der Waals surface area contributed by atoms with Gasteiger partial charge in [0.15, 0.2) is 5.69 Å². The van der Waals surface area contributed by atoms with E-state index < -0.39 is 11.9 Å². The third-order valence-corrected chi connectivity index (χ3v) is 3.72. The summed E-state index contributed by atoms with van der Waals surface area (Å²) in [6.45, 7) is 2.59. The first-order valence-corrected chi connectivity index (χ1v) is 7.65. The molecule has 0 unspecified atom stereocenters. The Hall–Kier alpha value is -2.74. The normalized spacial score (nSPS) is 13.0. The predicted molar refractivity (Wildman–Crippen MR) is 85.9 cm³/mol. The second kappa shape index (κ2) is 7.02. The van der Waals surface area contributed by atoms with Crippen LogP contribution >= 0.6 is 0 Å². The van der Waals surface area contributed by atoms with Gasteiger partial charge in [0.25, 0.3) is 0 Å². The maximum absolute atomic E-state index is 12.6. The van der Waals surface area contributed by atoms with Crippen molar-refractivity contribution in [2.24, 2.45) is 0 Å². The molecule has 0 radical (unpaired) electrons. The summed E-state index contributed by atoms with van der Waals surface area (Å²) in [7, 11) is 0. The highest BCUT2D eigenvalue weighted by Crippen LogP contribution is 2.27. The first-order valence-electron chi connectivity index (χ1n) is 7.65. The van der Waals surface area contributed by atoms with Gasteiger partial charge in [-0.3, -0.25) is 9.97 Å². The van der Waals surface area contributed by atoms with Gasteiger partial charge in [-0.25, -0.2) is 4.68 Å². The third kappa shape index (κ3) is 4.21. The van der Waals surface area contributed by atoms with Gasteiger partial charge in [0.2, 0.25) is 0 Å². The van der Waals surface area contributed by atoms with Crippen LogP contribution in [0.2, 0.25) is 0 Å². The molecule has 1 atom stereocenters. The Morgan fingerprint density at radius 2 is 1.88 bits per heavy atom. The first kappa shape index (κ1) is 17.1. The van der Waals surface area contributed by atoms with Crippen molar-refractivity contribution in [3.8, 4) is 5.69 Å². The lowest BCUT2D eigenvalue weighted by Gasteiger charge is -2.13. The molecule has 1 N–H and O–H groups in total. The van der Waals surface area contributed by atoms with E-state index in [4.69, 9.17) is 0 Å². The Bertz CT molecular complexity index is 812. The van der Waals surface area contributed by atoms with Gasteiger partial charge in [-0.1, -0.05) is 12.1 Å². The van der Waals surface area contributed by atoms with E-state index in [9.17, 15) is 13.2 Å². The number of nitrogens with zero attached hydrogens (tertiary/aromatic N) is 4. The number of benzene rings is 1. The van der Waals surface area contributed by atoms with Crippen LogP contribution in [0.15, 0.2) is 55.1 Å². The summed E-state index contributed by atoms with van der Waals surface area (Å²) in [5.74, 6) is 0. The van der Waals surface area contributed by atoms with Crippen molar-refractivity contribution in [3.05, 3.63) is 72.1 Å². The molecule has 0 aliphatic heterocycles. The molecular formula is C17H16F3N5. The minimum Gasteiger partial charge on any atom is -0.305 e. The maximum Gasteiger partial charge on any atom is 0.435 e. The van der Waals surface area contributed by atoms with Crippen LogP contribution in [0.5, 0.6) is 0 Å². The Balaban J connectivity index is 1.63. The molecular weight excluding hydrogens is 331 g/mol. The number of alkyl halides is 3. The zero-order valence-electron chi connectivity index (χ0n) is 13.4. The SMILES string of the molecule is C[C@H](NCc1ccc(-n2ccc(C(F)(F)F)n2)cc1)c1cnccn1. The molecule has 0 fully saturated rings. The second-order valence-corrected chi connectivity index (χ2v) is 5.54. The monoisotopic (exact) mass is 347 g/mol. The fraction of sp³-hybridized carbons (Fsp3) is 0.235. The summed E-state index contributed by atoms with van der Waals surface area (Å²) in [6, 6.07) is 8.15. The van der Waals surface area contributed by atoms with Crippen LogP contribution in [0.3, 0.4) is 0 Å². The van der Waals surface area contributed by atoms with E-state index in [2.05, 4.69) is 20.4 Å². The number of hydrogen-bond donors (Lipinski definition) is 1. The van der Waals surface area contributed by atoms with Crippen LogP contribution in [0.4, 0.5) is 13.2 Å². The molecule has 25 heavy (non-hydrogen) atoms. The number of halogens is 3. The highest BCUT2D eigenvalue weighted by Gasteiger charge is 2.33. The number of hydrogen-bond acceptors (Lipinski definition) is 4. The molecule has 0 bridgehead atoms. The minimum absolute atomic E-state index is 0.0360. The molecule has 0 spiro atoms. The van der Waals surface area contributed by atoms with Crippen molar-refractivity contribution in [3.63, 3.8) is 0 Å². The van der Waals surface area contributed by atoms with Crippen molar-refractivity contribution in [2.45, 2.75) is 25.7 Å². The first-order chi connectivity index (χ1) is 11.9. The Kier molecular flexibility index (Phi) is 4.80. The van der Waals surface area contributed by atoms with E-state index in [1.807, 2.05) is 19.1 Å². The molecule has 0 saturated carbocycles. The van der Waals surface area contributed by atoms with Crippen molar-refractivity contribution in [1.82, 2.24) is 25.1 Å². The van der Waals surface area contributed by atoms with Crippen molar-refractivity contribution >= 4 is 0 Å². The molecule has 3 rings (SSSR count). The van der Waals surface area contributed by atoms with Crippen molar-refractivity contribution in [1.29, 1.82) is 0 Å². The Labute approximate surface area is 142 Å². The topological polar surface area (TPSA) is 55.6 Å². The van der Waals surface area contributed by atoms with Gasteiger partial charge >= 0.3 is 6.18 Å². The number of nitrogens with one attached hydrogen (secondary N) is 1. The lowest BCUT2D eigenvalue weighted by molar-refractivity contribution is -0.141. The summed E-state index contributed by atoms with van der Waals surface area (Å²) >= 11 is 0. The van der Waals surface area contributed by atoms with E-state index in [-0.39, 0.29) is 6.04 Å². The zero-order chi connectivity index (χ0) is 17.9. The maximum atomic E-state index is 12.6. The molecule has 2 heterocycles. The van der Waals surface area contributed by atoms with Crippen LogP contribution in [-0.2, 0) is 12.7 Å². The van der Waals surface area contributed by atoms with Gasteiger partial charge in [-0.2, -0.15) is 18.3 Å². The summed E-state index contributed by atoms with van der Waals surface area (Å²) in [6.07, 6.45) is 1.82. The quantitative estimate of drug-likeness (QED) is 0.767. The van der Waals surface area contributed by atoms with E-state index in [0.29, 0.717) is 12.2 Å². The lowest BCUT2D eigenvalue weighted by atomic mass is 10.2. The average molecular weight is 347 g/mol. The van der Waals surface area contributed by atoms with Crippen LogP contribution in [0, 0.1) is 0 Å². The molecule has 8 heteroatoms. The smallest absolute Gasteiger partial charge is 0.305 e. The van der Waals surface area contributed by atoms with E-state index in [0.717, 1.165) is 17.3 Å². The molecule has 2 aromatic heterocycles. The molecule has 0 aliphatic rings. The summed E-state index contributed by atoms with van der Waals surface area (Å²) in [5, 5.41) is 6.88. The average Bonchev–Trinajstić information content (AvgIpc) is 3.11. The summed E-state index contributed by atoms with van der Waals surface area (Å²) < 4.78 is 39.0. The van der Waals surface area contributed by atoms with Crippen LogP contribution < -0.4 is 5.32 Å². The number of rotatable bonds is 5. The second-order valence-electron chi connectivity index (χ2n) is 5.54. The molecule has 5 nitrogen and oxygen atoms in total. The summed E-state index contributed by atoms with van der Waals surface area (Å²) in [5.41, 5.74) is 1.51. The molecule has 3 aromatic rings. The van der Waals surface area contributed by atoms with Crippen molar-refractivity contribution in [2.75, 3.05) is 0 Å². The zero-order valence-corrected chi connectivity index (χ0v) is 13.4. The van der Waals surface area contributed by atoms with Crippen LogP contribution in [-0.4, -0.2) is 19.7 Å². The van der Waals surface area contributed by atoms with Gasteiger partial charge in [0, 0.05) is 37.4 Å². The van der Waals surface area contributed by atoms with Gasteiger partial charge in [-0.15, -0.1) is 0 Å². The van der Waals surface area contributed by atoms with Gasteiger partial charge in [0.05, 0.1) is 11.4 Å². The summed E-state index contributed by atoms with van der Waals surface area (Å²) in [4.78, 5) is 8.27. The lowest BCUT2D eigenvalue weighted by Crippen LogP contribution is -2.19. The minimum atomic E-state index is -4.44. The van der Waals surface area contributed by atoms with Gasteiger partial charge < -0.3 is 5.32 Å². The predicted octanol–water partition coefficient (Wildman–Crippen LogP) is 3.53. The molecule has 1 aromatic carbocycles. The van der Waals surface area contributed by atoms with Gasteiger partial charge in [0.1, 0.15) is 0 Å². The number of aromatic nitrogens is 4. The van der Waals surface area contributed by atoms with Crippen molar-refractivity contribution < 1.29 is 13.2 Å². The van der Waals surface area contributed by atoms with E-state index in [1.165, 1.54) is 10.9 Å². The highest BCUT2D eigenvalue weighted by molar-refractivity contribution is 5.34.